The molecule has 25 heavy (non-hydrogen) atoms. The van der Waals surface area contributed by atoms with Crippen LogP contribution >= 0.6 is 0 Å². The van der Waals surface area contributed by atoms with Crippen LogP contribution < -0.4 is 5.32 Å². The molecule has 1 rings (SSSR count). The van der Waals surface area contributed by atoms with E-state index >= 15 is 0 Å². The first-order valence-corrected chi connectivity index (χ1v) is 8.73. The molecule has 1 aromatic rings. The van der Waals surface area contributed by atoms with Gasteiger partial charge in [0.15, 0.2) is 0 Å². The third kappa shape index (κ3) is 5.72. The lowest BCUT2D eigenvalue weighted by molar-refractivity contribution is -0.119. The summed E-state index contributed by atoms with van der Waals surface area (Å²) in [5.74, 6) is -0.166. The number of benzene rings is 1. The van der Waals surface area contributed by atoms with E-state index in [1.165, 1.54) is 6.92 Å². The molecule has 2 atom stereocenters. The maximum Gasteiger partial charge on any atom is 0.216 e. The van der Waals surface area contributed by atoms with Crippen LogP contribution in [-0.4, -0.2) is 33.9 Å². The number of aromatic hydroxyl groups is 1. The number of amides is 1. The Labute approximate surface area is 151 Å². The topological polar surface area (TPSA) is 89.8 Å². The molecule has 5 nitrogen and oxygen atoms in total. The van der Waals surface area contributed by atoms with Gasteiger partial charge in [0.25, 0.3) is 0 Å². The highest BCUT2D eigenvalue weighted by Gasteiger charge is 2.29. The lowest BCUT2D eigenvalue weighted by Crippen LogP contribution is -2.28. The van der Waals surface area contributed by atoms with Gasteiger partial charge in [-0.15, -0.1) is 0 Å². The molecule has 0 saturated carbocycles. The van der Waals surface area contributed by atoms with Gasteiger partial charge < -0.3 is 20.6 Å². The number of phenols is 1. The van der Waals surface area contributed by atoms with E-state index in [1.807, 2.05) is 26.8 Å². The minimum atomic E-state index is -1.22. The molecule has 1 amide bonds. The largest absolute Gasteiger partial charge is 0.507 e. The maximum absolute atomic E-state index is 10.9. The van der Waals surface area contributed by atoms with Crippen molar-refractivity contribution < 1.29 is 20.1 Å². The smallest absolute Gasteiger partial charge is 0.216 e. The van der Waals surface area contributed by atoms with E-state index in [2.05, 4.69) is 26.1 Å². The van der Waals surface area contributed by atoms with Crippen molar-refractivity contribution in [3.63, 3.8) is 0 Å². The lowest BCUT2D eigenvalue weighted by Gasteiger charge is -2.29. The van der Waals surface area contributed by atoms with Crippen LogP contribution in [0.25, 0.3) is 0 Å². The first-order valence-electron chi connectivity index (χ1n) is 8.73. The van der Waals surface area contributed by atoms with E-state index in [9.17, 15) is 20.1 Å². The predicted octanol–water partition coefficient (Wildman–Crippen LogP) is 2.91. The van der Waals surface area contributed by atoms with Crippen LogP contribution in [-0.2, 0) is 15.6 Å². The molecule has 0 aliphatic rings. The zero-order valence-corrected chi connectivity index (χ0v) is 16.5. The quantitative estimate of drug-likeness (QED) is 0.657. The summed E-state index contributed by atoms with van der Waals surface area (Å²) in [5.41, 5.74) is 1.58. The van der Waals surface area contributed by atoms with Crippen LogP contribution in [0.2, 0.25) is 0 Å². The van der Waals surface area contributed by atoms with Crippen LogP contribution in [0.3, 0.4) is 0 Å². The number of nitrogens with one attached hydrogen (secondary N) is 1. The number of aliphatic hydroxyl groups excluding tert-OH is 2. The number of aliphatic hydroxyl groups is 2. The fourth-order valence-corrected chi connectivity index (χ4v) is 2.65. The molecule has 0 heterocycles. The zero-order chi connectivity index (χ0) is 19.6. The van der Waals surface area contributed by atoms with Gasteiger partial charge in [0.1, 0.15) is 11.9 Å². The molecule has 0 aromatic heterocycles. The molecule has 0 bridgehead atoms. The molecule has 0 saturated heterocycles. The van der Waals surface area contributed by atoms with Crippen LogP contribution in [0.15, 0.2) is 12.1 Å². The Bertz CT molecular complexity index is 611. The van der Waals surface area contributed by atoms with E-state index < -0.39 is 12.2 Å². The molecule has 2 unspecified atom stereocenters. The van der Waals surface area contributed by atoms with Crippen molar-refractivity contribution in [3.8, 4) is 5.75 Å². The minimum absolute atomic E-state index is 0.0200. The first-order chi connectivity index (χ1) is 11.2. The third-order valence-corrected chi connectivity index (χ3v) is 4.31. The number of hydrogen-bond donors (Lipinski definition) is 4. The van der Waals surface area contributed by atoms with Crippen molar-refractivity contribution in [1.82, 2.24) is 5.32 Å². The molecule has 0 fully saturated rings. The molecule has 0 spiro atoms. The van der Waals surface area contributed by atoms with E-state index in [4.69, 9.17) is 0 Å². The van der Waals surface area contributed by atoms with Crippen molar-refractivity contribution >= 4 is 5.91 Å². The molecule has 1 aromatic carbocycles. The Morgan fingerprint density at radius 3 is 2.08 bits per heavy atom. The van der Waals surface area contributed by atoms with Gasteiger partial charge in [-0.25, -0.2) is 0 Å². The Morgan fingerprint density at radius 2 is 1.64 bits per heavy atom. The van der Waals surface area contributed by atoms with Crippen LogP contribution in [0.1, 0.15) is 77.7 Å². The summed E-state index contributed by atoms with van der Waals surface area (Å²) in [5, 5.41) is 34.2. The second kappa shape index (κ2) is 7.75. The molecular formula is C20H33NO4. The summed E-state index contributed by atoms with van der Waals surface area (Å²) in [4.78, 5) is 10.9. The van der Waals surface area contributed by atoms with Crippen molar-refractivity contribution in [2.75, 3.05) is 6.54 Å². The fourth-order valence-electron chi connectivity index (χ4n) is 2.65. The van der Waals surface area contributed by atoms with Gasteiger partial charge in [-0.1, -0.05) is 47.6 Å². The van der Waals surface area contributed by atoms with Gasteiger partial charge in [0.05, 0.1) is 6.10 Å². The summed E-state index contributed by atoms with van der Waals surface area (Å²) >= 11 is 0. The molecule has 0 aliphatic heterocycles. The number of hydrogen-bond acceptors (Lipinski definition) is 4. The Balaban J connectivity index is 3.26. The van der Waals surface area contributed by atoms with Gasteiger partial charge in [0.2, 0.25) is 5.91 Å². The van der Waals surface area contributed by atoms with E-state index in [1.54, 1.807) is 6.07 Å². The van der Waals surface area contributed by atoms with Crippen LogP contribution in [0, 0.1) is 0 Å². The van der Waals surface area contributed by atoms with E-state index in [0.717, 1.165) is 11.1 Å². The Morgan fingerprint density at radius 1 is 1.08 bits per heavy atom. The SMILES string of the molecule is CC(=O)NCCC(O)C(O)c1cc(C(C)(C)C)cc(C(C)(C)C)c1O. The van der Waals surface area contributed by atoms with E-state index in [-0.39, 0.29) is 35.5 Å². The van der Waals surface area contributed by atoms with Crippen LogP contribution in [0.5, 0.6) is 5.75 Å². The second-order valence-corrected chi connectivity index (χ2v) is 8.75. The highest BCUT2D eigenvalue weighted by atomic mass is 16.3. The van der Waals surface area contributed by atoms with Gasteiger partial charge >= 0.3 is 0 Å². The lowest BCUT2D eigenvalue weighted by atomic mass is 9.78. The van der Waals surface area contributed by atoms with Crippen molar-refractivity contribution in [2.45, 2.75) is 77.9 Å². The Kier molecular flexibility index (Phi) is 6.65. The fraction of sp³-hybridized carbons (Fsp3) is 0.650. The second-order valence-electron chi connectivity index (χ2n) is 8.75. The summed E-state index contributed by atoms with van der Waals surface area (Å²) in [6, 6.07) is 3.73. The number of rotatable bonds is 5. The number of carbonyl (C=O) groups excluding carboxylic acids is 1. The van der Waals surface area contributed by atoms with E-state index in [0.29, 0.717) is 5.56 Å². The average molecular weight is 351 g/mol. The average Bonchev–Trinajstić information content (AvgIpc) is 2.43. The normalized spacial score (nSPS) is 14.9. The molecule has 5 heteroatoms. The Hall–Kier alpha value is -1.59. The monoisotopic (exact) mass is 351 g/mol. The third-order valence-electron chi connectivity index (χ3n) is 4.31. The zero-order valence-electron chi connectivity index (χ0n) is 16.5. The molecule has 0 radical (unpaired) electrons. The number of carbonyl (C=O) groups is 1. The predicted molar refractivity (Wildman–Crippen MR) is 99.8 cm³/mol. The maximum atomic E-state index is 10.9. The van der Waals surface area contributed by atoms with Crippen molar-refractivity contribution in [2.24, 2.45) is 0 Å². The molecule has 0 aliphatic carbocycles. The highest BCUT2D eigenvalue weighted by Crippen LogP contribution is 2.40. The first kappa shape index (κ1) is 21.5. The van der Waals surface area contributed by atoms with Crippen molar-refractivity contribution in [3.05, 3.63) is 28.8 Å². The van der Waals surface area contributed by atoms with Gasteiger partial charge in [-0.05, 0) is 34.4 Å². The van der Waals surface area contributed by atoms with Gasteiger partial charge in [-0.3, -0.25) is 4.79 Å². The molecule has 142 valence electrons. The van der Waals surface area contributed by atoms with Gasteiger partial charge in [-0.2, -0.15) is 0 Å². The highest BCUT2D eigenvalue weighted by molar-refractivity contribution is 5.72. The standard InChI is InChI=1S/C20H33NO4/c1-12(22)21-9-8-16(23)18(25)14-10-13(19(2,3)4)11-15(17(14)24)20(5,6)7/h10-11,16,18,23-25H,8-9H2,1-7H3,(H,21,22). The van der Waals surface area contributed by atoms with Crippen LogP contribution in [0.4, 0.5) is 0 Å². The minimum Gasteiger partial charge on any atom is -0.507 e. The molecular weight excluding hydrogens is 318 g/mol. The molecule has 4 N–H and O–H groups in total. The summed E-state index contributed by atoms with van der Waals surface area (Å²) in [6.07, 6.45) is -2.11. The summed E-state index contributed by atoms with van der Waals surface area (Å²) in [7, 11) is 0. The van der Waals surface area contributed by atoms with Gasteiger partial charge in [0, 0.05) is 19.0 Å². The van der Waals surface area contributed by atoms with Crippen molar-refractivity contribution in [1.29, 1.82) is 0 Å². The number of phenolic OH excluding ortho intramolecular Hbond substituents is 1. The summed E-state index contributed by atoms with van der Waals surface area (Å²) in [6.45, 7) is 13.9. The summed E-state index contributed by atoms with van der Waals surface area (Å²) < 4.78 is 0.